The maximum absolute atomic E-state index is 13.0. The van der Waals surface area contributed by atoms with Crippen molar-refractivity contribution in [1.82, 2.24) is 9.80 Å². The summed E-state index contributed by atoms with van der Waals surface area (Å²) in [6.45, 7) is 3.58. The molecule has 1 aromatic heterocycles. The van der Waals surface area contributed by atoms with E-state index in [-0.39, 0.29) is 23.6 Å². The number of rotatable bonds is 4. The molecule has 0 unspecified atom stereocenters. The number of likely N-dealkylation sites (tertiary alicyclic amines) is 1. The summed E-state index contributed by atoms with van der Waals surface area (Å²) in [6.07, 6.45) is 0.967. The topological polar surface area (TPSA) is 89.3 Å². The van der Waals surface area contributed by atoms with E-state index >= 15 is 0 Å². The Bertz CT molecular complexity index is 1000. The molecule has 0 saturated carbocycles. The molecular formula is C21H24N2O6. The van der Waals surface area contributed by atoms with Crippen molar-refractivity contribution in [1.29, 1.82) is 0 Å². The summed E-state index contributed by atoms with van der Waals surface area (Å²) < 4.78 is 16.7. The lowest BCUT2D eigenvalue weighted by Gasteiger charge is -2.25. The number of benzene rings is 1. The second kappa shape index (κ2) is 7.87. The summed E-state index contributed by atoms with van der Waals surface area (Å²) in [4.78, 5) is 40.8. The fraction of sp³-hybridized carbons (Fsp3) is 0.476. The summed E-state index contributed by atoms with van der Waals surface area (Å²) in [7, 11) is 1.73. The third-order valence-electron chi connectivity index (χ3n) is 5.47. The van der Waals surface area contributed by atoms with Gasteiger partial charge < -0.3 is 23.7 Å². The lowest BCUT2D eigenvalue weighted by molar-refractivity contribution is -0.131. The van der Waals surface area contributed by atoms with Crippen molar-refractivity contribution in [3.8, 4) is 5.75 Å². The summed E-state index contributed by atoms with van der Waals surface area (Å²) in [6, 6.07) is 6.55. The third-order valence-corrected chi connectivity index (χ3v) is 5.47. The van der Waals surface area contributed by atoms with Crippen molar-refractivity contribution in [2.24, 2.45) is 0 Å². The maximum Gasteiger partial charge on any atom is 0.349 e. The van der Waals surface area contributed by atoms with Gasteiger partial charge in [-0.3, -0.25) is 9.59 Å². The first-order valence-electron chi connectivity index (χ1n) is 9.85. The molecule has 2 aliphatic rings. The van der Waals surface area contributed by atoms with Gasteiger partial charge in [-0.05, 0) is 24.6 Å². The van der Waals surface area contributed by atoms with Gasteiger partial charge in [0.2, 0.25) is 5.91 Å². The number of carbonyl (C=O) groups excluding carboxylic acids is 2. The molecule has 4 rings (SSSR count). The van der Waals surface area contributed by atoms with Gasteiger partial charge in [0.1, 0.15) is 16.9 Å². The van der Waals surface area contributed by atoms with Crippen LogP contribution in [0.1, 0.15) is 30.1 Å². The predicted octanol–water partition coefficient (Wildman–Crippen LogP) is 1.65. The van der Waals surface area contributed by atoms with Crippen LogP contribution in [0.4, 0.5) is 0 Å². The lowest BCUT2D eigenvalue weighted by Crippen LogP contribution is -2.43. The van der Waals surface area contributed by atoms with Gasteiger partial charge in [0, 0.05) is 31.6 Å². The highest BCUT2D eigenvalue weighted by Gasteiger charge is 2.42. The Kier molecular flexibility index (Phi) is 5.27. The first-order valence-corrected chi connectivity index (χ1v) is 9.85. The highest BCUT2D eigenvalue weighted by molar-refractivity contribution is 5.97. The number of fused-ring (bicyclic) bond motifs is 2. The van der Waals surface area contributed by atoms with Crippen LogP contribution in [-0.2, 0) is 9.53 Å². The average molecular weight is 400 g/mol. The number of nitrogens with zero attached hydrogens (tertiary/aromatic N) is 2. The van der Waals surface area contributed by atoms with Crippen molar-refractivity contribution < 1.29 is 23.5 Å². The number of likely N-dealkylation sites (N-methyl/N-ethyl adjacent to an activating group) is 1. The van der Waals surface area contributed by atoms with Crippen molar-refractivity contribution in [3.05, 3.63) is 40.2 Å². The van der Waals surface area contributed by atoms with E-state index in [1.165, 1.54) is 0 Å². The SMILES string of the molecule is CCCOc1ccc2cc(C(=O)N3C[C@@H]4OCCC(=O)N(C)[C@H]4C3)c(=O)oc2c1. The molecule has 0 bridgehead atoms. The second-order valence-corrected chi connectivity index (χ2v) is 7.44. The first kappa shape index (κ1) is 19.4. The largest absolute Gasteiger partial charge is 0.493 e. The average Bonchev–Trinajstić information content (AvgIpc) is 3.09. The molecule has 2 saturated heterocycles. The molecule has 0 radical (unpaired) electrons. The molecule has 3 heterocycles. The van der Waals surface area contributed by atoms with Gasteiger partial charge in [-0.1, -0.05) is 6.92 Å². The van der Waals surface area contributed by atoms with E-state index in [1.54, 1.807) is 41.1 Å². The Morgan fingerprint density at radius 1 is 1.24 bits per heavy atom. The Balaban J connectivity index is 1.58. The van der Waals surface area contributed by atoms with Crippen molar-refractivity contribution in [3.63, 3.8) is 0 Å². The van der Waals surface area contributed by atoms with Crippen LogP contribution in [0, 0.1) is 0 Å². The van der Waals surface area contributed by atoms with Crippen LogP contribution < -0.4 is 10.4 Å². The zero-order chi connectivity index (χ0) is 20.5. The smallest absolute Gasteiger partial charge is 0.349 e. The molecule has 8 nitrogen and oxygen atoms in total. The van der Waals surface area contributed by atoms with E-state index in [1.807, 2.05) is 6.92 Å². The van der Waals surface area contributed by atoms with E-state index in [4.69, 9.17) is 13.9 Å². The summed E-state index contributed by atoms with van der Waals surface area (Å²) in [5, 5.41) is 0.647. The van der Waals surface area contributed by atoms with Crippen molar-refractivity contribution in [2.75, 3.05) is 33.4 Å². The minimum atomic E-state index is -0.687. The molecule has 2 aromatic rings. The monoisotopic (exact) mass is 400 g/mol. The number of hydrogen-bond acceptors (Lipinski definition) is 6. The highest BCUT2D eigenvalue weighted by Crippen LogP contribution is 2.25. The fourth-order valence-corrected chi connectivity index (χ4v) is 3.84. The summed E-state index contributed by atoms with van der Waals surface area (Å²) in [5.41, 5.74) is -0.335. The van der Waals surface area contributed by atoms with Crippen LogP contribution in [0.5, 0.6) is 5.75 Å². The maximum atomic E-state index is 13.0. The Hall–Kier alpha value is -2.87. The Labute approximate surface area is 168 Å². The highest BCUT2D eigenvalue weighted by atomic mass is 16.5. The minimum absolute atomic E-state index is 0.00175. The quantitative estimate of drug-likeness (QED) is 0.725. The van der Waals surface area contributed by atoms with E-state index in [0.717, 1.165) is 6.42 Å². The number of carbonyl (C=O) groups is 2. The number of ether oxygens (including phenoxy) is 2. The molecule has 0 aliphatic carbocycles. The molecule has 8 heteroatoms. The molecular weight excluding hydrogens is 376 g/mol. The first-order chi connectivity index (χ1) is 14.0. The van der Waals surface area contributed by atoms with Gasteiger partial charge >= 0.3 is 5.63 Å². The number of hydrogen-bond donors (Lipinski definition) is 0. The van der Waals surface area contributed by atoms with Crippen molar-refractivity contribution >= 4 is 22.8 Å². The molecule has 0 N–H and O–H groups in total. The zero-order valence-electron chi connectivity index (χ0n) is 16.6. The number of amides is 2. The standard InChI is InChI=1S/C21H24N2O6/c1-3-7-27-14-5-4-13-9-15(21(26)29-17(13)10-14)20(25)23-11-16-18(12-23)28-8-6-19(24)22(16)2/h4-5,9-10,16,18H,3,6-8,11-12H2,1-2H3/t16-,18-/m0/s1. The molecule has 2 fully saturated rings. The Morgan fingerprint density at radius 3 is 2.86 bits per heavy atom. The Morgan fingerprint density at radius 2 is 2.07 bits per heavy atom. The van der Waals surface area contributed by atoms with Gasteiger partial charge in [-0.25, -0.2) is 4.79 Å². The van der Waals surface area contributed by atoms with Crippen LogP contribution in [0.25, 0.3) is 11.0 Å². The summed E-state index contributed by atoms with van der Waals surface area (Å²) in [5.74, 6) is 0.203. The molecule has 1 aromatic carbocycles. The molecule has 2 aliphatic heterocycles. The van der Waals surface area contributed by atoms with Gasteiger partial charge in [0.25, 0.3) is 5.91 Å². The van der Waals surface area contributed by atoms with E-state index in [2.05, 4.69) is 0 Å². The molecule has 29 heavy (non-hydrogen) atoms. The zero-order valence-corrected chi connectivity index (χ0v) is 16.6. The van der Waals surface area contributed by atoms with Gasteiger partial charge in [-0.2, -0.15) is 0 Å². The summed E-state index contributed by atoms with van der Waals surface area (Å²) >= 11 is 0. The second-order valence-electron chi connectivity index (χ2n) is 7.44. The molecule has 154 valence electrons. The van der Waals surface area contributed by atoms with Gasteiger partial charge in [0.05, 0.1) is 31.8 Å². The molecule has 2 amide bonds. The van der Waals surface area contributed by atoms with Gasteiger partial charge in [0.15, 0.2) is 0 Å². The third kappa shape index (κ3) is 3.72. The van der Waals surface area contributed by atoms with Crippen LogP contribution >= 0.6 is 0 Å². The van der Waals surface area contributed by atoms with E-state index < -0.39 is 11.5 Å². The molecule has 2 atom stereocenters. The van der Waals surface area contributed by atoms with Crippen LogP contribution in [0.3, 0.4) is 0 Å². The lowest BCUT2D eigenvalue weighted by atomic mass is 10.1. The van der Waals surface area contributed by atoms with Crippen molar-refractivity contribution in [2.45, 2.75) is 31.9 Å². The van der Waals surface area contributed by atoms with Crippen LogP contribution in [0.15, 0.2) is 33.5 Å². The predicted molar refractivity (Wildman–Crippen MR) is 105 cm³/mol. The minimum Gasteiger partial charge on any atom is -0.493 e. The van der Waals surface area contributed by atoms with E-state index in [0.29, 0.717) is 49.4 Å². The van der Waals surface area contributed by atoms with Gasteiger partial charge in [-0.15, -0.1) is 0 Å². The van der Waals surface area contributed by atoms with Crippen LogP contribution in [0.2, 0.25) is 0 Å². The fourth-order valence-electron chi connectivity index (χ4n) is 3.84. The van der Waals surface area contributed by atoms with Crippen LogP contribution in [-0.4, -0.2) is 67.1 Å². The molecule has 0 spiro atoms. The normalized spacial score (nSPS) is 21.9. The van der Waals surface area contributed by atoms with E-state index in [9.17, 15) is 14.4 Å².